The first-order valence-corrected chi connectivity index (χ1v) is 15.8. The molecule has 0 aliphatic heterocycles. The Hall–Kier alpha value is -1.69. The predicted molar refractivity (Wildman–Crippen MR) is 153 cm³/mol. The fourth-order valence-corrected chi connectivity index (χ4v) is 11.9. The molecule has 0 aromatic rings. The van der Waals surface area contributed by atoms with Crippen molar-refractivity contribution in [3.8, 4) is 0 Å². The second-order valence-electron chi connectivity index (χ2n) is 15.4. The van der Waals surface area contributed by atoms with Gasteiger partial charge in [-0.2, -0.15) is 0 Å². The fourth-order valence-electron chi connectivity index (χ4n) is 11.9. The molecule has 40 heavy (non-hydrogen) atoms. The Labute approximate surface area is 241 Å². The van der Waals surface area contributed by atoms with E-state index in [-0.39, 0.29) is 64.4 Å². The maximum absolute atomic E-state index is 13.4. The number of ether oxygens (including phenoxy) is 2. The number of aliphatic hydroxyl groups excluding tert-OH is 1. The van der Waals surface area contributed by atoms with Crippen molar-refractivity contribution in [2.24, 2.45) is 56.7 Å². The van der Waals surface area contributed by atoms with Gasteiger partial charge in [0, 0.05) is 25.7 Å². The first kappa shape index (κ1) is 29.8. The summed E-state index contributed by atoms with van der Waals surface area (Å²) in [5.74, 6) is 1.52. The number of carbonyl (C=O) groups is 3. The SMILES string of the molecule is C=C(CO)[C@@H]1CC[C@]2(COC(C)=O)CC[C@]3(C)[C@H](CC[C@@H]4[C@@]5(C)CCC(=O)C(C)(COC(C)=O)[C@@H]5CC[C@]43C)[C@@H]12. The summed E-state index contributed by atoms with van der Waals surface area (Å²) in [6, 6.07) is 0. The zero-order valence-electron chi connectivity index (χ0n) is 25.8. The van der Waals surface area contributed by atoms with Crippen LogP contribution in [0, 0.1) is 56.7 Å². The highest BCUT2D eigenvalue weighted by molar-refractivity contribution is 5.86. The highest BCUT2D eigenvalue weighted by Crippen LogP contribution is 2.77. The van der Waals surface area contributed by atoms with Crippen LogP contribution in [0.5, 0.6) is 0 Å². The van der Waals surface area contributed by atoms with E-state index >= 15 is 0 Å². The van der Waals surface area contributed by atoms with Crippen molar-refractivity contribution < 1.29 is 29.0 Å². The standard InChI is InChI=1S/C34H52O6/c1-21(18-35)24-10-15-34(20-40-23(3)37)17-16-32(6)25(29(24)34)8-9-27-30(4)13-12-28(38)31(5,19-39-22(2)36)26(30)11-14-33(27,32)7/h24-27,29,35H,1,8-20H2,2-7H3/t24-,25+,26+,27+,29+,30-,31?,32+,33+,34+/m0/s1. The molecule has 5 aliphatic rings. The molecule has 0 radical (unpaired) electrons. The van der Waals surface area contributed by atoms with Gasteiger partial charge in [0.1, 0.15) is 12.4 Å². The minimum atomic E-state index is -0.626. The third-order valence-electron chi connectivity index (χ3n) is 14.0. The Kier molecular flexibility index (Phi) is 7.41. The monoisotopic (exact) mass is 556 g/mol. The van der Waals surface area contributed by atoms with Gasteiger partial charge in [0.05, 0.1) is 18.6 Å². The van der Waals surface area contributed by atoms with E-state index in [0.717, 1.165) is 63.4 Å². The quantitative estimate of drug-likeness (QED) is 0.305. The molecule has 0 amide bonds. The lowest BCUT2D eigenvalue weighted by Crippen LogP contribution is -2.67. The van der Waals surface area contributed by atoms with E-state index in [1.165, 1.54) is 13.8 Å². The van der Waals surface area contributed by atoms with Gasteiger partial charge in [-0.15, -0.1) is 0 Å². The topological polar surface area (TPSA) is 89.9 Å². The lowest BCUT2D eigenvalue weighted by atomic mass is 9.32. The van der Waals surface area contributed by atoms with Crippen LogP contribution in [0.25, 0.3) is 0 Å². The van der Waals surface area contributed by atoms with Gasteiger partial charge >= 0.3 is 11.9 Å². The van der Waals surface area contributed by atoms with Gasteiger partial charge in [-0.05, 0) is 116 Å². The minimum Gasteiger partial charge on any atom is -0.465 e. The van der Waals surface area contributed by atoms with Crippen LogP contribution in [0.15, 0.2) is 12.2 Å². The van der Waals surface area contributed by atoms with E-state index in [4.69, 9.17) is 9.47 Å². The molecule has 1 N–H and O–H groups in total. The summed E-state index contributed by atoms with van der Waals surface area (Å²) < 4.78 is 11.3. The summed E-state index contributed by atoms with van der Waals surface area (Å²) in [7, 11) is 0. The second kappa shape index (κ2) is 9.95. The van der Waals surface area contributed by atoms with E-state index in [1.54, 1.807) is 0 Å². The molecule has 0 aromatic carbocycles. The summed E-state index contributed by atoms with van der Waals surface area (Å²) in [5, 5.41) is 10.2. The number of carbonyl (C=O) groups excluding carboxylic acids is 3. The smallest absolute Gasteiger partial charge is 0.302 e. The van der Waals surface area contributed by atoms with Crippen molar-refractivity contribution in [1.29, 1.82) is 0 Å². The first-order chi connectivity index (χ1) is 18.7. The van der Waals surface area contributed by atoms with Gasteiger partial charge in [-0.25, -0.2) is 0 Å². The fraction of sp³-hybridized carbons (Fsp3) is 0.853. The molecule has 5 aliphatic carbocycles. The van der Waals surface area contributed by atoms with Crippen LogP contribution in [-0.4, -0.2) is 42.6 Å². The zero-order chi connectivity index (χ0) is 29.3. The molecule has 224 valence electrons. The average molecular weight is 557 g/mol. The number of hydrogen-bond donors (Lipinski definition) is 1. The number of rotatable bonds is 6. The summed E-state index contributed by atoms with van der Waals surface area (Å²) in [4.78, 5) is 37.1. The zero-order valence-corrected chi connectivity index (χ0v) is 25.8. The molecule has 0 saturated heterocycles. The summed E-state index contributed by atoms with van der Waals surface area (Å²) in [6.07, 6.45) is 9.96. The third-order valence-corrected chi connectivity index (χ3v) is 14.0. The van der Waals surface area contributed by atoms with Gasteiger partial charge in [0.2, 0.25) is 0 Å². The molecule has 1 unspecified atom stereocenters. The van der Waals surface area contributed by atoms with Crippen LogP contribution in [0.3, 0.4) is 0 Å². The number of hydrogen-bond acceptors (Lipinski definition) is 6. The number of ketones is 1. The van der Waals surface area contributed by atoms with Crippen molar-refractivity contribution in [2.45, 2.75) is 106 Å². The Morgan fingerprint density at radius 2 is 1.52 bits per heavy atom. The molecular formula is C34H52O6. The second-order valence-corrected chi connectivity index (χ2v) is 15.4. The number of fused-ring (bicyclic) bond motifs is 7. The van der Waals surface area contributed by atoms with Gasteiger partial charge in [-0.1, -0.05) is 27.4 Å². The van der Waals surface area contributed by atoms with Crippen LogP contribution in [0.4, 0.5) is 0 Å². The number of aliphatic hydroxyl groups is 1. The predicted octanol–water partition coefficient (Wildman–Crippen LogP) is 6.29. The molecule has 5 saturated carbocycles. The van der Waals surface area contributed by atoms with Crippen LogP contribution in [0.1, 0.15) is 106 Å². The molecule has 5 fully saturated rings. The van der Waals surface area contributed by atoms with Gasteiger partial charge < -0.3 is 14.6 Å². The molecule has 0 heterocycles. The lowest BCUT2D eigenvalue weighted by molar-refractivity contribution is -0.240. The third kappa shape index (κ3) is 4.08. The van der Waals surface area contributed by atoms with Crippen LogP contribution in [0.2, 0.25) is 0 Å². The van der Waals surface area contributed by atoms with Crippen molar-refractivity contribution in [2.75, 3.05) is 19.8 Å². The van der Waals surface area contributed by atoms with Crippen LogP contribution < -0.4 is 0 Å². The number of Topliss-reactive ketones (excluding diaryl/α,β-unsaturated/α-hetero) is 1. The van der Waals surface area contributed by atoms with Gasteiger partial charge in [-0.3, -0.25) is 14.4 Å². The van der Waals surface area contributed by atoms with Crippen molar-refractivity contribution >= 4 is 17.7 Å². The highest BCUT2D eigenvalue weighted by atomic mass is 16.5. The van der Waals surface area contributed by atoms with Crippen molar-refractivity contribution in [1.82, 2.24) is 0 Å². The summed E-state index contributed by atoms with van der Waals surface area (Å²) in [5.41, 5.74) is 0.515. The minimum absolute atomic E-state index is 0.0137. The Bertz CT molecular complexity index is 1080. The van der Waals surface area contributed by atoms with E-state index in [9.17, 15) is 19.5 Å². The molecule has 6 nitrogen and oxygen atoms in total. The molecule has 10 atom stereocenters. The van der Waals surface area contributed by atoms with Gasteiger partial charge in [0.15, 0.2) is 0 Å². The Morgan fingerprint density at radius 3 is 2.17 bits per heavy atom. The average Bonchev–Trinajstić information content (AvgIpc) is 3.29. The van der Waals surface area contributed by atoms with E-state index in [0.29, 0.717) is 30.8 Å². The largest absolute Gasteiger partial charge is 0.465 e. The van der Waals surface area contributed by atoms with E-state index < -0.39 is 5.41 Å². The van der Waals surface area contributed by atoms with Crippen LogP contribution in [-0.2, 0) is 23.9 Å². The van der Waals surface area contributed by atoms with Crippen molar-refractivity contribution in [3.63, 3.8) is 0 Å². The first-order valence-electron chi connectivity index (χ1n) is 15.8. The molecular weight excluding hydrogens is 504 g/mol. The highest BCUT2D eigenvalue weighted by Gasteiger charge is 2.71. The molecule has 0 bridgehead atoms. The maximum atomic E-state index is 13.4. The van der Waals surface area contributed by atoms with Crippen molar-refractivity contribution in [3.05, 3.63) is 12.2 Å². The van der Waals surface area contributed by atoms with E-state index in [1.807, 2.05) is 0 Å². The maximum Gasteiger partial charge on any atom is 0.302 e. The Balaban J connectivity index is 1.51. The molecule has 6 heteroatoms. The lowest BCUT2D eigenvalue weighted by Gasteiger charge is -2.72. The van der Waals surface area contributed by atoms with E-state index in [2.05, 4.69) is 34.3 Å². The summed E-state index contributed by atoms with van der Waals surface area (Å²) in [6.45, 7) is 17.6. The van der Waals surface area contributed by atoms with Gasteiger partial charge in [0.25, 0.3) is 0 Å². The normalized spacial score (nSPS) is 47.8. The number of esters is 2. The molecule has 5 rings (SSSR count). The Morgan fingerprint density at radius 1 is 0.850 bits per heavy atom. The summed E-state index contributed by atoms with van der Waals surface area (Å²) >= 11 is 0. The molecule has 0 spiro atoms. The van der Waals surface area contributed by atoms with Crippen LogP contribution >= 0.6 is 0 Å². The molecule has 0 aromatic heterocycles.